The minimum Gasteiger partial charge on any atom is -0.403 e. The normalized spacial score (nSPS) is 11.6. The SMILES string of the molecule is C/C=C/OC(=O)Oc1ccc(F)c(C(F)(F)F)c1. The van der Waals surface area contributed by atoms with Crippen molar-refractivity contribution in [3.8, 4) is 5.75 Å². The van der Waals surface area contributed by atoms with Crippen LogP contribution >= 0.6 is 0 Å². The van der Waals surface area contributed by atoms with Gasteiger partial charge in [0.15, 0.2) is 0 Å². The van der Waals surface area contributed by atoms with Gasteiger partial charge in [0, 0.05) is 0 Å². The number of carbonyl (C=O) groups is 1. The quantitative estimate of drug-likeness (QED) is 0.352. The molecule has 0 radical (unpaired) electrons. The van der Waals surface area contributed by atoms with Crippen molar-refractivity contribution in [3.05, 3.63) is 41.9 Å². The molecule has 0 fully saturated rings. The van der Waals surface area contributed by atoms with E-state index in [0.29, 0.717) is 12.1 Å². The predicted octanol–water partition coefficient (Wildman–Crippen LogP) is 3.89. The van der Waals surface area contributed by atoms with Crippen molar-refractivity contribution in [1.29, 1.82) is 0 Å². The van der Waals surface area contributed by atoms with E-state index in [4.69, 9.17) is 0 Å². The second kappa shape index (κ2) is 5.52. The molecular formula is C11H8F4O3. The maximum absolute atomic E-state index is 12.9. The fourth-order valence-corrected chi connectivity index (χ4v) is 1.03. The first-order valence-corrected chi connectivity index (χ1v) is 4.71. The van der Waals surface area contributed by atoms with Gasteiger partial charge in [0.1, 0.15) is 11.6 Å². The molecule has 7 heteroatoms. The van der Waals surface area contributed by atoms with Crippen LogP contribution in [-0.2, 0) is 10.9 Å². The predicted molar refractivity (Wildman–Crippen MR) is 53.3 cm³/mol. The standard InChI is InChI=1S/C11H8F4O3/c1-2-5-17-10(16)18-7-3-4-9(12)8(6-7)11(13,14)15/h2-6H,1H3/b5-2+. The van der Waals surface area contributed by atoms with Gasteiger partial charge in [0.05, 0.1) is 11.8 Å². The molecule has 1 rings (SSSR count). The molecule has 3 nitrogen and oxygen atoms in total. The second-order valence-electron chi connectivity index (χ2n) is 3.08. The van der Waals surface area contributed by atoms with E-state index in [-0.39, 0.29) is 0 Å². The van der Waals surface area contributed by atoms with Crippen molar-refractivity contribution < 1.29 is 31.8 Å². The van der Waals surface area contributed by atoms with Crippen LogP contribution < -0.4 is 4.74 Å². The minimum absolute atomic E-state index is 0.381. The van der Waals surface area contributed by atoms with Gasteiger partial charge >= 0.3 is 12.3 Å². The first-order valence-electron chi connectivity index (χ1n) is 4.71. The topological polar surface area (TPSA) is 35.5 Å². The smallest absolute Gasteiger partial charge is 0.403 e. The molecule has 0 N–H and O–H groups in total. The van der Waals surface area contributed by atoms with E-state index in [1.54, 1.807) is 6.92 Å². The number of alkyl halides is 3. The highest BCUT2D eigenvalue weighted by Crippen LogP contribution is 2.33. The molecule has 18 heavy (non-hydrogen) atoms. The first-order chi connectivity index (χ1) is 8.34. The molecule has 0 unspecified atom stereocenters. The highest BCUT2D eigenvalue weighted by atomic mass is 19.4. The van der Waals surface area contributed by atoms with E-state index in [0.717, 1.165) is 12.3 Å². The van der Waals surface area contributed by atoms with Crippen LogP contribution in [-0.4, -0.2) is 6.16 Å². The lowest BCUT2D eigenvalue weighted by Crippen LogP contribution is -2.11. The van der Waals surface area contributed by atoms with E-state index in [1.165, 1.54) is 6.08 Å². The lowest BCUT2D eigenvalue weighted by Gasteiger charge is -2.09. The van der Waals surface area contributed by atoms with E-state index in [1.807, 2.05) is 0 Å². The Balaban J connectivity index is 2.89. The van der Waals surface area contributed by atoms with Gasteiger partial charge < -0.3 is 9.47 Å². The van der Waals surface area contributed by atoms with E-state index >= 15 is 0 Å². The lowest BCUT2D eigenvalue weighted by atomic mass is 10.2. The fraction of sp³-hybridized carbons (Fsp3) is 0.182. The third-order valence-electron chi connectivity index (χ3n) is 1.74. The van der Waals surface area contributed by atoms with Crippen molar-refractivity contribution >= 4 is 6.16 Å². The summed E-state index contributed by atoms with van der Waals surface area (Å²) in [6.45, 7) is 1.56. The van der Waals surface area contributed by atoms with E-state index in [9.17, 15) is 22.4 Å². The Bertz CT molecular complexity index is 466. The van der Waals surface area contributed by atoms with Gasteiger partial charge in [-0.25, -0.2) is 9.18 Å². The highest BCUT2D eigenvalue weighted by molar-refractivity contribution is 5.64. The molecule has 0 aliphatic heterocycles. The van der Waals surface area contributed by atoms with Gasteiger partial charge in [0.25, 0.3) is 0 Å². The van der Waals surface area contributed by atoms with E-state index in [2.05, 4.69) is 9.47 Å². The number of hydrogen-bond acceptors (Lipinski definition) is 3. The molecule has 0 aliphatic rings. The van der Waals surface area contributed by atoms with Crippen molar-refractivity contribution in [1.82, 2.24) is 0 Å². The number of allylic oxidation sites excluding steroid dienone is 1. The van der Waals surface area contributed by atoms with Crippen LogP contribution in [0, 0.1) is 5.82 Å². The van der Waals surface area contributed by atoms with Crippen LogP contribution in [0.5, 0.6) is 5.75 Å². The Morgan fingerprint density at radius 2 is 2.00 bits per heavy atom. The number of ether oxygens (including phenoxy) is 2. The average molecular weight is 264 g/mol. The number of halogens is 4. The summed E-state index contributed by atoms with van der Waals surface area (Å²) in [5.41, 5.74) is -1.51. The van der Waals surface area contributed by atoms with Crippen LogP contribution in [0.1, 0.15) is 12.5 Å². The summed E-state index contributed by atoms with van der Waals surface area (Å²) < 4.78 is 58.7. The monoisotopic (exact) mass is 264 g/mol. The summed E-state index contributed by atoms with van der Waals surface area (Å²) in [6.07, 6.45) is -3.70. The Labute approximate surface area is 99.6 Å². The van der Waals surface area contributed by atoms with Crippen molar-refractivity contribution in [2.75, 3.05) is 0 Å². The number of carbonyl (C=O) groups excluding carboxylic acids is 1. The lowest BCUT2D eigenvalue weighted by molar-refractivity contribution is -0.140. The maximum Gasteiger partial charge on any atom is 0.518 e. The van der Waals surface area contributed by atoms with Crippen LogP contribution in [0.2, 0.25) is 0 Å². The van der Waals surface area contributed by atoms with Crippen molar-refractivity contribution in [2.24, 2.45) is 0 Å². The van der Waals surface area contributed by atoms with Crippen molar-refractivity contribution in [3.63, 3.8) is 0 Å². The summed E-state index contributed by atoms with van der Waals surface area (Å²) in [5.74, 6) is -1.91. The highest BCUT2D eigenvalue weighted by Gasteiger charge is 2.34. The number of hydrogen-bond donors (Lipinski definition) is 0. The summed E-state index contributed by atoms with van der Waals surface area (Å²) in [5, 5.41) is 0. The molecule has 0 aromatic heterocycles. The molecule has 98 valence electrons. The third kappa shape index (κ3) is 3.76. The molecule has 0 spiro atoms. The average Bonchev–Trinajstić information content (AvgIpc) is 2.27. The van der Waals surface area contributed by atoms with Gasteiger partial charge in [0.2, 0.25) is 0 Å². The van der Waals surface area contributed by atoms with Gasteiger partial charge in [-0.2, -0.15) is 13.2 Å². The largest absolute Gasteiger partial charge is 0.518 e. The zero-order valence-corrected chi connectivity index (χ0v) is 9.12. The van der Waals surface area contributed by atoms with Crippen molar-refractivity contribution in [2.45, 2.75) is 13.1 Å². The Kier molecular flexibility index (Phi) is 4.30. The van der Waals surface area contributed by atoms with Crippen LogP contribution in [0.15, 0.2) is 30.5 Å². The summed E-state index contributed by atoms with van der Waals surface area (Å²) in [6, 6.07) is 1.83. The molecule has 1 aromatic rings. The molecule has 0 saturated heterocycles. The van der Waals surface area contributed by atoms with Gasteiger partial charge in [-0.05, 0) is 25.1 Å². The zero-order valence-electron chi connectivity index (χ0n) is 9.12. The summed E-state index contributed by atoms with van der Waals surface area (Å²) >= 11 is 0. The molecule has 0 atom stereocenters. The van der Waals surface area contributed by atoms with Gasteiger partial charge in [-0.3, -0.25) is 0 Å². The Hall–Kier alpha value is -2.05. The molecule has 0 amide bonds. The molecule has 0 heterocycles. The molecule has 0 saturated carbocycles. The zero-order chi connectivity index (χ0) is 13.8. The Morgan fingerprint density at radius 1 is 1.33 bits per heavy atom. The second-order valence-corrected chi connectivity index (χ2v) is 3.08. The van der Waals surface area contributed by atoms with Gasteiger partial charge in [-0.15, -0.1) is 0 Å². The molecule has 0 bridgehead atoms. The number of benzene rings is 1. The Morgan fingerprint density at radius 3 is 2.56 bits per heavy atom. The summed E-state index contributed by atoms with van der Waals surface area (Å²) in [4.78, 5) is 10.9. The molecular weight excluding hydrogens is 256 g/mol. The minimum atomic E-state index is -4.86. The number of rotatable bonds is 2. The van der Waals surface area contributed by atoms with Gasteiger partial charge in [-0.1, -0.05) is 6.08 Å². The van der Waals surface area contributed by atoms with Crippen LogP contribution in [0.3, 0.4) is 0 Å². The third-order valence-corrected chi connectivity index (χ3v) is 1.74. The molecule has 0 aliphatic carbocycles. The molecule has 1 aromatic carbocycles. The van der Waals surface area contributed by atoms with Crippen LogP contribution in [0.4, 0.5) is 22.4 Å². The maximum atomic E-state index is 12.9. The van der Waals surface area contributed by atoms with E-state index < -0.39 is 29.5 Å². The summed E-state index contributed by atoms with van der Waals surface area (Å²) in [7, 11) is 0. The van der Waals surface area contributed by atoms with Crippen LogP contribution in [0.25, 0.3) is 0 Å². The first kappa shape index (κ1) is 14.0. The fourth-order valence-electron chi connectivity index (χ4n) is 1.03.